The lowest BCUT2D eigenvalue weighted by Crippen LogP contribution is -2.25. The zero-order valence-corrected chi connectivity index (χ0v) is 13.0. The molecule has 0 bridgehead atoms. The molecule has 110 valence electrons. The fraction of sp³-hybridized carbons (Fsp3) is 0.533. The molecule has 0 radical (unpaired) electrons. The van der Waals surface area contributed by atoms with Gasteiger partial charge in [0.15, 0.2) is 5.78 Å². The molecule has 4 nitrogen and oxygen atoms in total. The smallest absolute Gasteiger partial charge is 0.229 e. The van der Waals surface area contributed by atoms with Crippen LogP contribution in [-0.4, -0.2) is 20.5 Å². The Morgan fingerprint density at radius 3 is 2.30 bits per heavy atom. The Bertz CT molecular complexity index is 603. The topological polar surface area (TPSA) is 63.2 Å². The minimum absolute atomic E-state index is 0.0563. The van der Waals surface area contributed by atoms with E-state index >= 15 is 0 Å². The van der Waals surface area contributed by atoms with Gasteiger partial charge in [0, 0.05) is 17.2 Å². The molecule has 5 heteroatoms. The number of Topliss-reactive ketones (excluding diaryl/α,β-unsaturated/α-hetero) is 1. The monoisotopic (exact) mass is 295 g/mol. The maximum absolute atomic E-state index is 12.5. The highest BCUT2D eigenvalue weighted by atomic mass is 32.2. The van der Waals surface area contributed by atoms with Gasteiger partial charge in [-0.25, -0.2) is 8.42 Å². The van der Waals surface area contributed by atoms with Crippen molar-refractivity contribution < 1.29 is 13.2 Å². The van der Waals surface area contributed by atoms with Crippen LogP contribution in [-0.2, 0) is 10.0 Å². The van der Waals surface area contributed by atoms with Gasteiger partial charge in [-0.1, -0.05) is 20.3 Å². The third-order valence-corrected chi connectivity index (χ3v) is 4.65. The van der Waals surface area contributed by atoms with E-state index in [0.29, 0.717) is 11.3 Å². The number of ketones is 1. The summed E-state index contributed by atoms with van der Waals surface area (Å²) in [5.74, 6) is 0.231. The SMILES string of the molecule is CC1(C)CCCC1C(=O)c1ccc(NS(C)(=O)=O)cc1. The lowest BCUT2D eigenvalue weighted by atomic mass is 9.78. The molecule has 1 aromatic rings. The van der Waals surface area contributed by atoms with Crippen molar-refractivity contribution in [3.05, 3.63) is 29.8 Å². The molecule has 0 spiro atoms. The van der Waals surface area contributed by atoms with Crippen molar-refractivity contribution in [2.75, 3.05) is 11.0 Å². The van der Waals surface area contributed by atoms with Gasteiger partial charge in [-0.3, -0.25) is 9.52 Å². The van der Waals surface area contributed by atoms with E-state index in [1.54, 1.807) is 24.3 Å². The molecule has 1 aliphatic carbocycles. The minimum Gasteiger partial charge on any atom is -0.294 e. The highest BCUT2D eigenvalue weighted by Crippen LogP contribution is 2.44. The Hall–Kier alpha value is -1.36. The second-order valence-electron chi connectivity index (χ2n) is 6.25. The van der Waals surface area contributed by atoms with Crippen molar-refractivity contribution >= 4 is 21.5 Å². The number of hydrogen-bond acceptors (Lipinski definition) is 3. The number of anilines is 1. The van der Waals surface area contributed by atoms with E-state index in [1.165, 1.54) is 0 Å². The van der Waals surface area contributed by atoms with E-state index < -0.39 is 10.0 Å². The van der Waals surface area contributed by atoms with Gasteiger partial charge in [0.1, 0.15) is 0 Å². The van der Waals surface area contributed by atoms with E-state index in [2.05, 4.69) is 18.6 Å². The van der Waals surface area contributed by atoms with Crippen molar-refractivity contribution in [3.8, 4) is 0 Å². The van der Waals surface area contributed by atoms with Gasteiger partial charge in [-0.15, -0.1) is 0 Å². The molecule has 0 aliphatic heterocycles. The maximum Gasteiger partial charge on any atom is 0.229 e. The molecule has 1 saturated carbocycles. The fourth-order valence-corrected chi connectivity index (χ4v) is 3.49. The van der Waals surface area contributed by atoms with E-state index in [9.17, 15) is 13.2 Å². The normalized spacial score (nSPS) is 21.6. The summed E-state index contributed by atoms with van der Waals surface area (Å²) in [4.78, 5) is 12.5. The Labute approximate surface area is 120 Å². The van der Waals surface area contributed by atoms with Crippen LogP contribution in [0.25, 0.3) is 0 Å². The molecular formula is C15H21NO3S. The largest absolute Gasteiger partial charge is 0.294 e. The summed E-state index contributed by atoms with van der Waals surface area (Å²) in [5.41, 5.74) is 1.19. The molecule has 20 heavy (non-hydrogen) atoms. The van der Waals surface area contributed by atoms with Crippen LogP contribution in [0.5, 0.6) is 0 Å². The van der Waals surface area contributed by atoms with Gasteiger partial charge < -0.3 is 0 Å². The molecule has 1 aromatic carbocycles. The summed E-state index contributed by atoms with van der Waals surface area (Å²) in [6.07, 6.45) is 4.22. The highest BCUT2D eigenvalue weighted by molar-refractivity contribution is 7.92. The fourth-order valence-electron chi connectivity index (χ4n) is 2.93. The summed E-state index contributed by atoms with van der Waals surface area (Å²) >= 11 is 0. The van der Waals surface area contributed by atoms with Gasteiger partial charge in [-0.2, -0.15) is 0 Å². The first kappa shape index (κ1) is 15.0. The number of hydrogen-bond donors (Lipinski definition) is 1. The standard InChI is InChI=1S/C15H21NO3S/c1-15(2)10-4-5-13(15)14(17)11-6-8-12(9-7-11)16-20(3,18)19/h6-9,13,16H,4-5,10H2,1-3H3. The molecule has 1 atom stereocenters. The number of carbonyl (C=O) groups is 1. The first-order chi connectivity index (χ1) is 9.19. The molecule has 1 aliphatic rings. The van der Waals surface area contributed by atoms with Crippen LogP contribution < -0.4 is 4.72 Å². The zero-order chi connectivity index (χ0) is 15.0. The van der Waals surface area contributed by atoms with Crippen LogP contribution in [0.1, 0.15) is 43.5 Å². The Morgan fingerprint density at radius 2 is 1.85 bits per heavy atom. The van der Waals surface area contributed by atoms with E-state index in [4.69, 9.17) is 0 Å². The molecule has 2 rings (SSSR count). The summed E-state index contributed by atoms with van der Waals surface area (Å²) in [6.45, 7) is 4.28. The molecule has 0 saturated heterocycles. The lowest BCUT2D eigenvalue weighted by Gasteiger charge is -2.25. The van der Waals surface area contributed by atoms with Crippen molar-refractivity contribution in [1.29, 1.82) is 0 Å². The van der Waals surface area contributed by atoms with Gasteiger partial charge in [0.05, 0.1) is 6.26 Å². The summed E-state index contributed by atoms with van der Waals surface area (Å²) < 4.78 is 24.7. The molecular weight excluding hydrogens is 274 g/mol. The predicted molar refractivity (Wildman–Crippen MR) is 80.4 cm³/mol. The molecule has 0 amide bonds. The number of rotatable bonds is 4. The van der Waals surface area contributed by atoms with Gasteiger partial charge in [0.25, 0.3) is 0 Å². The third-order valence-electron chi connectivity index (χ3n) is 4.05. The van der Waals surface area contributed by atoms with E-state index in [1.807, 2.05) is 0 Å². The van der Waals surface area contributed by atoms with Gasteiger partial charge >= 0.3 is 0 Å². The average molecular weight is 295 g/mol. The van der Waals surface area contributed by atoms with Crippen LogP contribution in [0, 0.1) is 11.3 Å². The number of nitrogens with one attached hydrogen (secondary N) is 1. The zero-order valence-electron chi connectivity index (χ0n) is 12.1. The van der Waals surface area contributed by atoms with E-state index in [0.717, 1.165) is 25.5 Å². The highest BCUT2D eigenvalue weighted by Gasteiger charge is 2.39. The number of carbonyl (C=O) groups excluding carboxylic acids is 1. The van der Waals surface area contributed by atoms with Crippen LogP contribution in [0.2, 0.25) is 0 Å². The molecule has 1 unspecified atom stereocenters. The lowest BCUT2D eigenvalue weighted by molar-refractivity contribution is 0.0839. The van der Waals surface area contributed by atoms with Crippen LogP contribution in [0.4, 0.5) is 5.69 Å². The Morgan fingerprint density at radius 1 is 1.25 bits per heavy atom. The second kappa shape index (κ2) is 5.20. The molecule has 1 N–H and O–H groups in total. The van der Waals surface area contributed by atoms with Crippen molar-refractivity contribution in [1.82, 2.24) is 0 Å². The number of benzene rings is 1. The van der Waals surface area contributed by atoms with Crippen molar-refractivity contribution in [2.24, 2.45) is 11.3 Å². The number of sulfonamides is 1. The van der Waals surface area contributed by atoms with Crippen molar-refractivity contribution in [3.63, 3.8) is 0 Å². The Balaban J connectivity index is 2.16. The van der Waals surface area contributed by atoms with Gasteiger partial charge in [-0.05, 0) is 42.5 Å². The minimum atomic E-state index is -3.28. The first-order valence-electron chi connectivity index (χ1n) is 6.81. The quantitative estimate of drug-likeness (QED) is 0.868. The van der Waals surface area contributed by atoms with Crippen LogP contribution >= 0.6 is 0 Å². The summed E-state index contributed by atoms with van der Waals surface area (Å²) in [7, 11) is -3.28. The first-order valence-corrected chi connectivity index (χ1v) is 8.70. The predicted octanol–water partition coefficient (Wildman–Crippen LogP) is 3.07. The second-order valence-corrected chi connectivity index (χ2v) is 8.00. The van der Waals surface area contributed by atoms with Crippen LogP contribution in [0.3, 0.4) is 0 Å². The molecule has 0 aromatic heterocycles. The van der Waals surface area contributed by atoms with Crippen LogP contribution in [0.15, 0.2) is 24.3 Å². The Kier molecular flexibility index (Phi) is 3.91. The molecule has 0 heterocycles. The third kappa shape index (κ3) is 3.39. The summed E-state index contributed by atoms with van der Waals surface area (Å²) in [5, 5.41) is 0. The average Bonchev–Trinajstić information content (AvgIpc) is 2.67. The summed E-state index contributed by atoms with van der Waals surface area (Å²) in [6, 6.07) is 6.67. The molecule has 1 fully saturated rings. The van der Waals surface area contributed by atoms with Gasteiger partial charge in [0.2, 0.25) is 10.0 Å². The van der Waals surface area contributed by atoms with E-state index in [-0.39, 0.29) is 17.1 Å². The van der Waals surface area contributed by atoms with Crippen molar-refractivity contribution in [2.45, 2.75) is 33.1 Å². The maximum atomic E-state index is 12.5.